The summed E-state index contributed by atoms with van der Waals surface area (Å²) in [6, 6.07) is 3.28. The van der Waals surface area contributed by atoms with Crippen molar-refractivity contribution in [3.05, 3.63) is 27.7 Å². The smallest absolute Gasteiger partial charge is 0.164 e. The number of hydrogen-bond donors (Lipinski definition) is 1. The maximum absolute atomic E-state index is 11.7. The van der Waals surface area contributed by atoms with Crippen molar-refractivity contribution in [3.63, 3.8) is 0 Å². The van der Waals surface area contributed by atoms with Crippen LogP contribution in [-0.4, -0.2) is 12.3 Å². The minimum absolute atomic E-state index is 0.0374. The van der Waals surface area contributed by atoms with Gasteiger partial charge in [-0.15, -0.1) is 0 Å². The molecule has 0 saturated heterocycles. The molecule has 1 aromatic carbocycles. The first kappa shape index (κ1) is 12.3. The Hall–Kier alpha value is -0.730. The van der Waals surface area contributed by atoms with Gasteiger partial charge in [-0.2, -0.15) is 0 Å². The SMILES string of the molecule is CCNc1c(Cl)cc(Cl)cc1C(=O)CC. The van der Waals surface area contributed by atoms with Gasteiger partial charge >= 0.3 is 0 Å². The highest BCUT2D eigenvalue weighted by molar-refractivity contribution is 6.37. The fourth-order valence-corrected chi connectivity index (χ4v) is 1.90. The average Bonchev–Trinajstić information content (AvgIpc) is 2.20. The molecule has 0 unspecified atom stereocenters. The minimum atomic E-state index is 0.0374. The third-order valence-electron chi connectivity index (χ3n) is 2.03. The normalized spacial score (nSPS) is 10.1. The first-order valence-electron chi connectivity index (χ1n) is 4.86. The summed E-state index contributed by atoms with van der Waals surface area (Å²) in [7, 11) is 0. The zero-order chi connectivity index (χ0) is 11.4. The fraction of sp³-hybridized carbons (Fsp3) is 0.364. The van der Waals surface area contributed by atoms with Gasteiger partial charge in [0.1, 0.15) is 0 Å². The number of halogens is 2. The topological polar surface area (TPSA) is 29.1 Å². The van der Waals surface area contributed by atoms with Gasteiger partial charge < -0.3 is 5.32 Å². The van der Waals surface area contributed by atoms with Gasteiger partial charge in [0.15, 0.2) is 5.78 Å². The Morgan fingerprint density at radius 3 is 2.53 bits per heavy atom. The Morgan fingerprint density at radius 1 is 1.33 bits per heavy atom. The van der Waals surface area contributed by atoms with E-state index < -0.39 is 0 Å². The van der Waals surface area contributed by atoms with E-state index in [9.17, 15) is 4.79 Å². The first-order chi connectivity index (χ1) is 7.10. The van der Waals surface area contributed by atoms with Crippen molar-refractivity contribution in [2.75, 3.05) is 11.9 Å². The van der Waals surface area contributed by atoms with Crippen molar-refractivity contribution >= 4 is 34.7 Å². The maximum Gasteiger partial charge on any atom is 0.164 e. The maximum atomic E-state index is 11.7. The minimum Gasteiger partial charge on any atom is -0.384 e. The number of ketones is 1. The van der Waals surface area contributed by atoms with Crippen LogP contribution in [0.2, 0.25) is 10.0 Å². The van der Waals surface area contributed by atoms with Gasteiger partial charge in [0, 0.05) is 23.6 Å². The second-order valence-electron chi connectivity index (χ2n) is 3.12. The summed E-state index contributed by atoms with van der Waals surface area (Å²) in [6.07, 6.45) is 0.440. The highest BCUT2D eigenvalue weighted by atomic mass is 35.5. The molecule has 0 heterocycles. The van der Waals surface area contributed by atoms with Gasteiger partial charge in [-0.1, -0.05) is 30.1 Å². The average molecular weight is 246 g/mol. The highest BCUT2D eigenvalue weighted by Gasteiger charge is 2.13. The summed E-state index contributed by atoms with van der Waals surface area (Å²) < 4.78 is 0. The summed E-state index contributed by atoms with van der Waals surface area (Å²) in [5.74, 6) is 0.0374. The molecule has 0 bridgehead atoms. The number of rotatable bonds is 4. The highest BCUT2D eigenvalue weighted by Crippen LogP contribution is 2.30. The Bertz CT molecular complexity index is 377. The molecule has 0 aliphatic heterocycles. The number of carbonyl (C=O) groups is 1. The van der Waals surface area contributed by atoms with Crippen molar-refractivity contribution in [2.24, 2.45) is 0 Å². The summed E-state index contributed by atoms with van der Waals surface area (Å²) in [6.45, 7) is 4.48. The molecule has 0 saturated carbocycles. The lowest BCUT2D eigenvalue weighted by atomic mass is 10.1. The van der Waals surface area contributed by atoms with Crippen LogP contribution in [0.3, 0.4) is 0 Å². The monoisotopic (exact) mass is 245 g/mol. The molecule has 2 nitrogen and oxygen atoms in total. The first-order valence-corrected chi connectivity index (χ1v) is 5.61. The number of Topliss-reactive ketones (excluding diaryl/α,β-unsaturated/α-hetero) is 1. The predicted molar refractivity (Wildman–Crippen MR) is 65.2 cm³/mol. The van der Waals surface area contributed by atoms with Crippen LogP contribution in [0.15, 0.2) is 12.1 Å². The summed E-state index contributed by atoms with van der Waals surface area (Å²) in [5, 5.41) is 4.05. The number of hydrogen-bond acceptors (Lipinski definition) is 2. The van der Waals surface area contributed by atoms with Gasteiger partial charge in [-0.3, -0.25) is 4.79 Å². The zero-order valence-electron chi connectivity index (χ0n) is 8.73. The van der Waals surface area contributed by atoms with Crippen LogP contribution in [0.4, 0.5) is 5.69 Å². The van der Waals surface area contributed by atoms with Crippen LogP contribution in [0.25, 0.3) is 0 Å². The van der Waals surface area contributed by atoms with Gasteiger partial charge in [-0.05, 0) is 19.1 Å². The third-order valence-corrected chi connectivity index (χ3v) is 2.55. The Morgan fingerprint density at radius 2 is 2.00 bits per heavy atom. The predicted octanol–water partition coefficient (Wildman–Crippen LogP) is 4.02. The lowest BCUT2D eigenvalue weighted by Crippen LogP contribution is -2.06. The summed E-state index contributed by atoms with van der Waals surface area (Å²) in [4.78, 5) is 11.7. The van der Waals surface area contributed by atoms with Crippen molar-refractivity contribution in [1.29, 1.82) is 0 Å². The Kier molecular flexibility index (Phi) is 4.43. The molecule has 0 amide bonds. The van der Waals surface area contributed by atoms with Gasteiger partial charge in [0.2, 0.25) is 0 Å². The Balaban J connectivity index is 3.26. The molecule has 82 valence electrons. The van der Waals surface area contributed by atoms with E-state index in [-0.39, 0.29) is 5.78 Å². The molecule has 4 heteroatoms. The van der Waals surface area contributed by atoms with Gasteiger partial charge in [-0.25, -0.2) is 0 Å². The molecule has 0 spiro atoms. The van der Waals surface area contributed by atoms with E-state index in [1.165, 1.54) is 0 Å². The van der Waals surface area contributed by atoms with E-state index in [0.717, 1.165) is 0 Å². The molecular formula is C11H13Cl2NO. The van der Waals surface area contributed by atoms with Crippen LogP contribution >= 0.6 is 23.2 Å². The van der Waals surface area contributed by atoms with E-state index in [2.05, 4.69) is 5.32 Å². The second-order valence-corrected chi connectivity index (χ2v) is 3.96. The van der Waals surface area contributed by atoms with Crippen LogP contribution in [0.5, 0.6) is 0 Å². The molecule has 0 fully saturated rings. The van der Waals surface area contributed by atoms with Crippen molar-refractivity contribution in [2.45, 2.75) is 20.3 Å². The number of carbonyl (C=O) groups excluding carboxylic acids is 1. The van der Waals surface area contributed by atoms with Crippen LogP contribution < -0.4 is 5.32 Å². The summed E-state index contributed by atoms with van der Waals surface area (Å²) >= 11 is 11.9. The lowest BCUT2D eigenvalue weighted by Gasteiger charge is -2.11. The van der Waals surface area contributed by atoms with Crippen molar-refractivity contribution < 1.29 is 4.79 Å². The Labute approximate surface area is 99.6 Å². The molecule has 1 aromatic rings. The number of anilines is 1. The standard InChI is InChI=1S/C11H13Cl2NO/c1-3-10(15)8-5-7(12)6-9(13)11(8)14-4-2/h5-6,14H,3-4H2,1-2H3. The molecular weight excluding hydrogens is 233 g/mol. The van der Waals surface area contributed by atoms with E-state index in [0.29, 0.717) is 34.3 Å². The fourth-order valence-electron chi connectivity index (χ4n) is 1.34. The van der Waals surface area contributed by atoms with Gasteiger partial charge in [0.05, 0.1) is 10.7 Å². The van der Waals surface area contributed by atoms with Crippen LogP contribution in [-0.2, 0) is 0 Å². The molecule has 0 aromatic heterocycles. The largest absolute Gasteiger partial charge is 0.384 e. The van der Waals surface area contributed by atoms with Crippen LogP contribution in [0, 0.1) is 0 Å². The lowest BCUT2D eigenvalue weighted by molar-refractivity contribution is 0.0989. The molecule has 0 atom stereocenters. The van der Waals surface area contributed by atoms with Crippen molar-refractivity contribution in [3.8, 4) is 0 Å². The molecule has 1 N–H and O–H groups in total. The number of nitrogens with one attached hydrogen (secondary N) is 1. The van der Waals surface area contributed by atoms with E-state index in [1.54, 1.807) is 12.1 Å². The van der Waals surface area contributed by atoms with Crippen LogP contribution in [0.1, 0.15) is 30.6 Å². The molecule has 0 aliphatic rings. The van der Waals surface area contributed by atoms with E-state index >= 15 is 0 Å². The molecule has 0 radical (unpaired) electrons. The van der Waals surface area contributed by atoms with Gasteiger partial charge in [0.25, 0.3) is 0 Å². The molecule has 0 aliphatic carbocycles. The zero-order valence-corrected chi connectivity index (χ0v) is 10.2. The molecule has 1 rings (SSSR count). The number of benzene rings is 1. The van der Waals surface area contributed by atoms with E-state index in [1.807, 2.05) is 13.8 Å². The molecule has 15 heavy (non-hydrogen) atoms. The second kappa shape index (κ2) is 5.38. The third kappa shape index (κ3) is 2.86. The van der Waals surface area contributed by atoms with E-state index in [4.69, 9.17) is 23.2 Å². The summed E-state index contributed by atoms with van der Waals surface area (Å²) in [5.41, 5.74) is 1.24. The quantitative estimate of drug-likeness (QED) is 0.813. The van der Waals surface area contributed by atoms with Crippen molar-refractivity contribution in [1.82, 2.24) is 0 Å².